The highest BCUT2D eigenvalue weighted by Gasteiger charge is 2.24. The van der Waals surface area contributed by atoms with Crippen molar-refractivity contribution in [2.45, 2.75) is 31.3 Å². The van der Waals surface area contributed by atoms with Gasteiger partial charge < -0.3 is 9.73 Å². The van der Waals surface area contributed by atoms with E-state index < -0.39 is 16.1 Å². The maximum absolute atomic E-state index is 12.3. The van der Waals surface area contributed by atoms with Crippen molar-refractivity contribution in [3.8, 4) is 0 Å². The molecular weight excluding hydrogens is 282 g/mol. The minimum atomic E-state index is -3.67. The molecule has 2 heterocycles. The molecule has 1 unspecified atom stereocenters. The van der Waals surface area contributed by atoms with E-state index in [4.69, 9.17) is 4.42 Å². The van der Waals surface area contributed by atoms with Crippen LogP contribution >= 0.6 is 0 Å². The largest absolute Gasteiger partial charge is 0.464 e. The van der Waals surface area contributed by atoms with Crippen molar-refractivity contribution in [2.75, 3.05) is 7.05 Å². The summed E-state index contributed by atoms with van der Waals surface area (Å²) in [4.78, 5) is 4.06. The van der Waals surface area contributed by atoms with Crippen LogP contribution in [0.15, 0.2) is 21.7 Å². The van der Waals surface area contributed by atoms with Crippen LogP contribution in [0.4, 0.5) is 0 Å². The molecule has 1 atom stereocenters. The Morgan fingerprint density at radius 3 is 2.85 bits per heavy atom. The maximum atomic E-state index is 12.3. The fourth-order valence-corrected chi connectivity index (χ4v) is 3.24. The highest BCUT2D eigenvalue weighted by atomic mass is 32.2. The highest BCUT2D eigenvalue weighted by Crippen LogP contribution is 2.21. The van der Waals surface area contributed by atoms with Gasteiger partial charge in [0.05, 0.1) is 12.6 Å². The molecule has 2 aromatic heterocycles. The van der Waals surface area contributed by atoms with Crippen molar-refractivity contribution >= 4 is 10.0 Å². The second kappa shape index (κ2) is 5.73. The van der Waals surface area contributed by atoms with Crippen LogP contribution < -0.4 is 10.0 Å². The van der Waals surface area contributed by atoms with Crippen LogP contribution in [0.2, 0.25) is 0 Å². The van der Waals surface area contributed by atoms with Crippen LogP contribution in [0, 0.1) is 6.92 Å². The van der Waals surface area contributed by atoms with Crippen molar-refractivity contribution in [2.24, 2.45) is 0 Å². The maximum Gasteiger partial charge on any atom is 0.244 e. The molecule has 20 heavy (non-hydrogen) atoms. The third-order valence-electron chi connectivity index (χ3n) is 2.74. The van der Waals surface area contributed by atoms with E-state index in [0.717, 1.165) is 0 Å². The van der Waals surface area contributed by atoms with Crippen LogP contribution in [0.3, 0.4) is 0 Å². The Hall–Kier alpha value is -1.71. The molecule has 0 amide bonds. The van der Waals surface area contributed by atoms with E-state index in [-0.39, 0.29) is 4.90 Å². The van der Waals surface area contributed by atoms with E-state index in [9.17, 15) is 8.42 Å². The first-order valence-corrected chi connectivity index (χ1v) is 7.54. The van der Waals surface area contributed by atoms with Gasteiger partial charge in [-0.15, -0.1) is 0 Å². The lowest BCUT2D eigenvalue weighted by Gasteiger charge is -2.10. The number of sulfonamides is 1. The van der Waals surface area contributed by atoms with E-state index in [1.54, 1.807) is 20.9 Å². The number of aromatic amines is 1. The fourth-order valence-electron chi connectivity index (χ4n) is 1.83. The second-order valence-corrected chi connectivity index (χ2v) is 6.06. The van der Waals surface area contributed by atoms with Crippen LogP contribution in [0.25, 0.3) is 0 Å². The molecule has 2 aromatic rings. The van der Waals surface area contributed by atoms with Gasteiger partial charge in [0.25, 0.3) is 0 Å². The Morgan fingerprint density at radius 2 is 2.25 bits per heavy atom. The van der Waals surface area contributed by atoms with Gasteiger partial charge in [0.2, 0.25) is 10.0 Å². The molecule has 9 heteroatoms. The smallest absolute Gasteiger partial charge is 0.244 e. The standard InChI is InChI=1S/C11H17N5O3S/c1-7(11-13-6-14-15-11)16-20(17,18)10-4-9(5-12-3)19-8(10)2/h4,6-7,12,16H,5H2,1-3H3,(H,13,14,15). The zero-order chi connectivity index (χ0) is 14.8. The molecule has 2 rings (SSSR count). The number of aromatic nitrogens is 3. The van der Waals surface area contributed by atoms with E-state index >= 15 is 0 Å². The molecule has 110 valence electrons. The Balaban J connectivity index is 2.22. The summed E-state index contributed by atoms with van der Waals surface area (Å²) in [5.74, 6) is 1.37. The van der Waals surface area contributed by atoms with E-state index in [1.807, 2.05) is 0 Å². The van der Waals surface area contributed by atoms with Gasteiger partial charge in [0, 0.05) is 6.07 Å². The predicted molar refractivity (Wildman–Crippen MR) is 71.3 cm³/mol. The summed E-state index contributed by atoms with van der Waals surface area (Å²) < 4.78 is 32.6. The predicted octanol–water partition coefficient (Wildman–Crippen LogP) is 0.465. The summed E-state index contributed by atoms with van der Waals surface area (Å²) in [5, 5.41) is 9.23. The van der Waals surface area contributed by atoms with Gasteiger partial charge >= 0.3 is 0 Å². The number of hydrogen-bond acceptors (Lipinski definition) is 6. The number of aryl methyl sites for hydroxylation is 1. The zero-order valence-electron chi connectivity index (χ0n) is 11.5. The first-order chi connectivity index (χ1) is 9.44. The van der Waals surface area contributed by atoms with Crippen molar-refractivity contribution in [1.82, 2.24) is 25.2 Å². The number of nitrogens with zero attached hydrogens (tertiary/aromatic N) is 2. The minimum Gasteiger partial charge on any atom is -0.464 e. The lowest BCUT2D eigenvalue weighted by Crippen LogP contribution is -2.27. The average molecular weight is 299 g/mol. The molecule has 0 saturated heterocycles. The summed E-state index contributed by atoms with van der Waals surface area (Å²) in [6, 6.07) is 1.01. The molecule has 0 aliphatic carbocycles. The van der Waals surface area contributed by atoms with Gasteiger partial charge in [-0.2, -0.15) is 5.10 Å². The number of nitrogens with one attached hydrogen (secondary N) is 3. The molecule has 0 aliphatic heterocycles. The molecule has 0 saturated carbocycles. The lowest BCUT2D eigenvalue weighted by atomic mass is 10.3. The number of furan rings is 1. The first kappa shape index (κ1) is 14.7. The van der Waals surface area contributed by atoms with Gasteiger partial charge in [-0.05, 0) is 20.9 Å². The van der Waals surface area contributed by atoms with Crippen molar-refractivity contribution < 1.29 is 12.8 Å². The monoisotopic (exact) mass is 299 g/mol. The summed E-state index contributed by atoms with van der Waals surface area (Å²) in [6.45, 7) is 3.77. The minimum absolute atomic E-state index is 0.133. The van der Waals surface area contributed by atoms with Crippen LogP contribution in [0.5, 0.6) is 0 Å². The van der Waals surface area contributed by atoms with Crippen LogP contribution in [-0.2, 0) is 16.6 Å². The third-order valence-corrected chi connectivity index (χ3v) is 4.39. The van der Waals surface area contributed by atoms with Gasteiger partial charge in [0.1, 0.15) is 28.6 Å². The zero-order valence-corrected chi connectivity index (χ0v) is 12.3. The Labute approximate surface area is 117 Å². The Morgan fingerprint density at radius 1 is 1.50 bits per heavy atom. The van der Waals surface area contributed by atoms with Gasteiger partial charge in [-0.25, -0.2) is 18.1 Å². The van der Waals surface area contributed by atoms with E-state index in [0.29, 0.717) is 23.9 Å². The molecule has 0 spiro atoms. The van der Waals surface area contributed by atoms with E-state index in [1.165, 1.54) is 12.4 Å². The Kier molecular flexibility index (Phi) is 4.21. The molecule has 8 nitrogen and oxygen atoms in total. The number of H-pyrrole nitrogens is 1. The fraction of sp³-hybridized carbons (Fsp3) is 0.455. The topological polar surface area (TPSA) is 113 Å². The molecule has 0 fully saturated rings. The van der Waals surface area contributed by atoms with Gasteiger partial charge in [0.15, 0.2) is 0 Å². The third kappa shape index (κ3) is 3.06. The summed E-state index contributed by atoms with van der Waals surface area (Å²) in [6.07, 6.45) is 1.33. The molecule has 0 aliphatic rings. The summed E-state index contributed by atoms with van der Waals surface area (Å²) >= 11 is 0. The van der Waals surface area contributed by atoms with Crippen molar-refractivity contribution in [3.05, 3.63) is 29.7 Å². The number of rotatable bonds is 6. The quantitative estimate of drug-likeness (QED) is 0.714. The van der Waals surface area contributed by atoms with E-state index in [2.05, 4.69) is 25.2 Å². The van der Waals surface area contributed by atoms with Gasteiger partial charge in [-0.1, -0.05) is 0 Å². The number of hydrogen-bond donors (Lipinski definition) is 3. The van der Waals surface area contributed by atoms with Crippen molar-refractivity contribution in [3.63, 3.8) is 0 Å². The van der Waals surface area contributed by atoms with Gasteiger partial charge in [-0.3, -0.25) is 5.10 Å². The average Bonchev–Trinajstić information content (AvgIpc) is 2.98. The normalized spacial score (nSPS) is 13.6. The summed E-state index contributed by atoms with van der Waals surface area (Å²) in [7, 11) is -1.91. The summed E-state index contributed by atoms with van der Waals surface area (Å²) in [5.41, 5.74) is 0. The lowest BCUT2D eigenvalue weighted by molar-refractivity contribution is 0.465. The Bertz CT molecular complexity index is 662. The first-order valence-electron chi connectivity index (χ1n) is 6.05. The molecule has 0 bridgehead atoms. The highest BCUT2D eigenvalue weighted by molar-refractivity contribution is 7.89. The molecular formula is C11H17N5O3S. The van der Waals surface area contributed by atoms with Crippen LogP contribution in [0.1, 0.15) is 30.3 Å². The SMILES string of the molecule is CNCc1cc(S(=O)(=O)NC(C)c2ncn[nH]2)c(C)o1. The van der Waals surface area contributed by atoms with Crippen LogP contribution in [-0.4, -0.2) is 30.6 Å². The molecule has 3 N–H and O–H groups in total. The van der Waals surface area contributed by atoms with Crippen molar-refractivity contribution in [1.29, 1.82) is 0 Å². The second-order valence-electron chi connectivity index (χ2n) is 4.38. The molecule has 0 radical (unpaired) electrons. The molecule has 0 aromatic carbocycles.